The van der Waals surface area contributed by atoms with Crippen molar-refractivity contribution in [2.45, 2.75) is 68.3 Å². The molecule has 0 spiro atoms. The third-order valence-electron chi connectivity index (χ3n) is 6.11. The molecule has 2 aliphatic carbocycles. The Morgan fingerprint density at radius 3 is 2.84 bits per heavy atom. The van der Waals surface area contributed by atoms with Gasteiger partial charge in [0.2, 0.25) is 5.91 Å². The maximum absolute atomic E-state index is 13.1. The second-order valence-corrected chi connectivity index (χ2v) is 10.9. The Morgan fingerprint density at radius 2 is 2.06 bits per heavy atom. The van der Waals surface area contributed by atoms with E-state index in [0.29, 0.717) is 26.6 Å². The quantitative estimate of drug-likeness (QED) is 0.324. The van der Waals surface area contributed by atoms with Crippen LogP contribution in [0.25, 0.3) is 10.9 Å². The molecule has 1 aromatic carbocycles. The first kappa shape index (κ1) is 21.2. The number of fused-ring (bicyclic) bond motifs is 2. The minimum Gasteiger partial charge on any atom is -0.316 e. The topological polar surface area (TPSA) is 87.8 Å². The fourth-order valence-electron chi connectivity index (χ4n) is 4.24. The summed E-state index contributed by atoms with van der Waals surface area (Å²) in [5, 5.41) is 14.1. The van der Waals surface area contributed by atoms with Gasteiger partial charge in [0.1, 0.15) is 11.1 Å². The molecule has 164 valence electrons. The Kier molecular flexibility index (Phi) is 5.78. The number of hydrogen-bond donors (Lipinski definition) is 1. The maximum atomic E-state index is 13.1. The number of rotatable bonds is 5. The van der Waals surface area contributed by atoms with Crippen LogP contribution < -0.4 is 10.9 Å². The molecule has 2 heterocycles. The fourth-order valence-corrected chi connectivity index (χ4v) is 6.46. The van der Waals surface area contributed by atoms with Crippen LogP contribution in [0, 0.1) is 11.3 Å². The van der Waals surface area contributed by atoms with Gasteiger partial charge in [-0.25, -0.2) is 4.98 Å². The molecule has 0 bridgehead atoms. The largest absolute Gasteiger partial charge is 0.316 e. The van der Waals surface area contributed by atoms with Crippen LogP contribution >= 0.6 is 23.1 Å². The Bertz CT molecular complexity index is 1300. The summed E-state index contributed by atoms with van der Waals surface area (Å²) < 4.78 is 1.75. The molecule has 1 atom stereocenters. The minimum absolute atomic E-state index is 0.0398. The molecule has 0 radical (unpaired) electrons. The lowest BCUT2D eigenvalue weighted by atomic mass is 10.1. The number of aromatic nitrogens is 2. The highest BCUT2D eigenvalue weighted by atomic mass is 32.2. The highest BCUT2D eigenvalue weighted by Crippen LogP contribution is 2.39. The number of nitrogens with zero attached hydrogens (tertiary/aromatic N) is 3. The van der Waals surface area contributed by atoms with E-state index in [1.165, 1.54) is 34.4 Å². The molecule has 5 rings (SSSR count). The van der Waals surface area contributed by atoms with E-state index in [-0.39, 0.29) is 17.5 Å². The summed E-state index contributed by atoms with van der Waals surface area (Å²) in [7, 11) is 0. The minimum atomic E-state index is -0.457. The van der Waals surface area contributed by atoms with E-state index < -0.39 is 5.25 Å². The summed E-state index contributed by atoms with van der Waals surface area (Å²) >= 11 is 2.85. The summed E-state index contributed by atoms with van der Waals surface area (Å²) in [6, 6.07) is 9.83. The van der Waals surface area contributed by atoms with Gasteiger partial charge in [0, 0.05) is 10.9 Å². The lowest BCUT2D eigenvalue weighted by Gasteiger charge is -2.16. The summed E-state index contributed by atoms with van der Waals surface area (Å²) in [6.45, 7) is 1.82. The summed E-state index contributed by atoms with van der Waals surface area (Å²) in [5.74, 6) is -0.173. The Balaban J connectivity index is 1.40. The zero-order chi connectivity index (χ0) is 22.2. The molecular formula is C24H24N4O2S2. The Hall–Kier alpha value is -2.63. The standard InChI is InChI=1S/C24H24N4O2S2/c1-14(21(29)27-22-18(13-25)16-7-3-2-4-10-20(16)32-22)31-24-26-19-9-6-5-8-17(19)23(30)28(24)15-11-12-15/h5-6,8-9,14-15H,2-4,7,10-12H2,1H3,(H,27,29). The van der Waals surface area contributed by atoms with Crippen LogP contribution in [0.2, 0.25) is 0 Å². The van der Waals surface area contributed by atoms with Crippen LogP contribution in [0.5, 0.6) is 0 Å². The number of carbonyl (C=O) groups excluding carboxylic acids is 1. The van der Waals surface area contributed by atoms with Gasteiger partial charge in [-0.1, -0.05) is 30.3 Å². The molecule has 1 saturated carbocycles. The van der Waals surface area contributed by atoms with Crippen LogP contribution in [0.3, 0.4) is 0 Å². The van der Waals surface area contributed by atoms with E-state index >= 15 is 0 Å². The van der Waals surface area contributed by atoms with Crippen molar-refractivity contribution in [2.24, 2.45) is 0 Å². The predicted octanol–water partition coefficient (Wildman–Crippen LogP) is 5.05. The number of nitrogens with one attached hydrogen (secondary N) is 1. The number of aryl methyl sites for hydroxylation is 1. The van der Waals surface area contributed by atoms with Gasteiger partial charge in [0.15, 0.2) is 5.16 Å². The number of amides is 1. The van der Waals surface area contributed by atoms with E-state index in [4.69, 9.17) is 4.98 Å². The van der Waals surface area contributed by atoms with Gasteiger partial charge < -0.3 is 5.32 Å². The first-order chi connectivity index (χ1) is 15.6. The number of thiophene rings is 1. The molecule has 2 aromatic heterocycles. The Morgan fingerprint density at radius 1 is 1.28 bits per heavy atom. The number of carbonyl (C=O) groups is 1. The van der Waals surface area contributed by atoms with E-state index in [1.807, 2.05) is 25.1 Å². The van der Waals surface area contributed by atoms with Crippen molar-refractivity contribution >= 4 is 44.9 Å². The average Bonchev–Trinajstić information content (AvgIpc) is 3.59. The zero-order valence-electron chi connectivity index (χ0n) is 17.9. The van der Waals surface area contributed by atoms with Crippen LogP contribution in [-0.2, 0) is 17.6 Å². The molecule has 0 aliphatic heterocycles. The van der Waals surface area contributed by atoms with E-state index in [2.05, 4.69) is 11.4 Å². The predicted molar refractivity (Wildman–Crippen MR) is 129 cm³/mol. The fraction of sp³-hybridized carbons (Fsp3) is 0.417. The van der Waals surface area contributed by atoms with Crippen molar-refractivity contribution < 1.29 is 4.79 Å². The van der Waals surface area contributed by atoms with Gasteiger partial charge in [-0.2, -0.15) is 5.26 Å². The number of thioether (sulfide) groups is 1. The first-order valence-electron chi connectivity index (χ1n) is 11.1. The molecule has 1 fully saturated rings. The number of benzene rings is 1. The third-order valence-corrected chi connectivity index (χ3v) is 8.38. The first-order valence-corrected chi connectivity index (χ1v) is 12.8. The molecular weight excluding hydrogens is 440 g/mol. The van der Waals surface area contributed by atoms with Gasteiger partial charge in [-0.15, -0.1) is 11.3 Å². The van der Waals surface area contributed by atoms with Gasteiger partial charge in [-0.05, 0) is 63.1 Å². The SMILES string of the molecule is CC(Sc1nc2ccccc2c(=O)n1C1CC1)C(=O)Nc1sc2c(c1C#N)CCCCC2. The normalized spacial score (nSPS) is 16.8. The van der Waals surface area contributed by atoms with Crippen molar-refractivity contribution in [3.05, 3.63) is 50.6 Å². The van der Waals surface area contributed by atoms with Crippen molar-refractivity contribution in [3.8, 4) is 6.07 Å². The molecule has 8 heteroatoms. The molecule has 2 aliphatic rings. The van der Waals surface area contributed by atoms with Gasteiger partial charge in [0.05, 0.1) is 21.7 Å². The van der Waals surface area contributed by atoms with Crippen molar-refractivity contribution in [2.75, 3.05) is 5.32 Å². The van der Waals surface area contributed by atoms with Crippen molar-refractivity contribution in [1.82, 2.24) is 9.55 Å². The van der Waals surface area contributed by atoms with Crippen molar-refractivity contribution in [3.63, 3.8) is 0 Å². The van der Waals surface area contributed by atoms with E-state index in [9.17, 15) is 14.9 Å². The number of anilines is 1. The van der Waals surface area contributed by atoms with Gasteiger partial charge in [0.25, 0.3) is 5.56 Å². The third kappa shape index (κ3) is 3.96. The molecule has 1 amide bonds. The lowest BCUT2D eigenvalue weighted by Crippen LogP contribution is -2.26. The van der Waals surface area contributed by atoms with Crippen LogP contribution in [0.4, 0.5) is 5.00 Å². The molecule has 1 unspecified atom stereocenters. The number of hydrogen-bond acceptors (Lipinski definition) is 6. The molecule has 0 saturated heterocycles. The molecule has 6 nitrogen and oxygen atoms in total. The van der Waals surface area contributed by atoms with Crippen LogP contribution in [0.1, 0.15) is 61.1 Å². The average molecular weight is 465 g/mol. The highest BCUT2D eigenvalue weighted by Gasteiger charge is 2.30. The van der Waals surface area contributed by atoms with Crippen LogP contribution in [0.15, 0.2) is 34.2 Å². The molecule has 32 heavy (non-hydrogen) atoms. The van der Waals surface area contributed by atoms with Crippen LogP contribution in [-0.4, -0.2) is 20.7 Å². The summed E-state index contributed by atoms with van der Waals surface area (Å²) in [5.41, 5.74) is 2.35. The maximum Gasteiger partial charge on any atom is 0.262 e. The van der Waals surface area contributed by atoms with E-state index in [1.54, 1.807) is 10.6 Å². The highest BCUT2D eigenvalue weighted by molar-refractivity contribution is 8.00. The monoisotopic (exact) mass is 464 g/mol. The molecule has 1 N–H and O–H groups in total. The van der Waals surface area contributed by atoms with E-state index in [0.717, 1.165) is 44.1 Å². The van der Waals surface area contributed by atoms with Gasteiger partial charge >= 0.3 is 0 Å². The molecule has 3 aromatic rings. The van der Waals surface area contributed by atoms with Crippen molar-refractivity contribution in [1.29, 1.82) is 5.26 Å². The number of para-hydroxylation sites is 1. The number of nitriles is 1. The van der Waals surface area contributed by atoms with Gasteiger partial charge in [-0.3, -0.25) is 14.2 Å². The zero-order valence-corrected chi connectivity index (χ0v) is 19.5. The summed E-state index contributed by atoms with van der Waals surface area (Å²) in [4.78, 5) is 32.1. The smallest absolute Gasteiger partial charge is 0.262 e. The second kappa shape index (κ2) is 8.72. The lowest BCUT2D eigenvalue weighted by molar-refractivity contribution is -0.115. The summed E-state index contributed by atoms with van der Waals surface area (Å²) in [6.07, 6.45) is 7.20. The second-order valence-electron chi connectivity index (χ2n) is 8.45. The Labute approximate surface area is 194 Å².